The molecule has 1 aromatic carbocycles. The maximum Gasteiger partial charge on any atom is 0.162 e. The van der Waals surface area contributed by atoms with Gasteiger partial charge in [-0.1, -0.05) is 0 Å². The molecule has 0 aliphatic carbocycles. The van der Waals surface area contributed by atoms with Crippen molar-refractivity contribution in [1.82, 2.24) is 14.8 Å². The average molecular weight is 293 g/mol. The van der Waals surface area contributed by atoms with Crippen molar-refractivity contribution in [3.8, 4) is 11.5 Å². The van der Waals surface area contributed by atoms with Crippen LogP contribution in [0.2, 0.25) is 0 Å². The van der Waals surface area contributed by atoms with Gasteiger partial charge >= 0.3 is 0 Å². The normalized spacial score (nSPS) is 15.7. The highest BCUT2D eigenvalue weighted by molar-refractivity contribution is 7.84. The Bertz CT molecular complexity index is 642. The molecule has 1 atom stereocenters. The van der Waals surface area contributed by atoms with E-state index in [1.807, 2.05) is 13.1 Å². The first-order valence-electron chi connectivity index (χ1n) is 6.35. The van der Waals surface area contributed by atoms with Gasteiger partial charge in [-0.2, -0.15) is 0 Å². The van der Waals surface area contributed by atoms with Crippen molar-refractivity contribution in [2.75, 3.05) is 13.2 Å². The maximum atomic E-state index is 12.4. The second-order valence-corrected chi connectivity index (χ2v) is 5.96. The first kappa shape index (κ1) is 13.1. The van der Waals surface area contributed by atoms with Crippen molar-refractivity contribution in [3.63, 3.8) is 0 Å². The van der Waals surface area contributed by atoms with E-state index < -0.39 is 10.8 Å². The van der Waals surface area contributed by atoms with Crippen LogP contribution in [0.1, 0.15) is 12.2 Å². The van der Waals surface area contributed by atoms with Crippen LogP contribution >= 0.6 is 0 Å². The smallest absolute Gasteiger partial charge is 0.162 e. The Hall–Kier alpha value is -1.89. The molecule has 1 aliphatic rings. The zero-order valence-corrected chi connectivity index (χ0v) is 11.9. The van der Waals surface area contributed by atoms with Gasteiger partial charge in [-0.15, -0.1) is 10.2 Å². The van der Waals surface area contributed by atoms with E-state index in [4.69, 9.17) is 9.47 Å². The number of aryl methyl sites for hydroxylation is 1. The minimum atomic E-state index is -1.19. The summed E-state index contributed by atoms with van der Waals surface area (Å²) in [6.07, 6.45) is 2.45. The van der Waals surface area contributed by atoms with Crippen LogP contribution in [0.25, 0.3) is 0 Å². The van der Waals surface area contributed by atoms with E-state index in [0.29, 0.717) is 41.2 Å². The van der Waals surface area contributed by atoms with Crippen LogP contribution in [0, 0.1) is 0 Å². The fourth-order valence-corrected chi connectivity index (χ4v) is 3.04. The topological polar surface area (TPSA) is 66.2 Å². The van der Waals surface area contributed by atoms with Gasteiger partial charge in [0.25, 0.3) is 0 Å². The number of rotatable bonds is 3. The molecule has 1 aliphatic heterocycles. The zero-order valence-electron chi connectivity index (χ0n) is 11.1. The van der Waals surface area contributed by atoms with Crippen molar-refractivity contribution in [1.29, 1.82) is 0 Å². The molecule has 0 amide bonds. The molecule has 0 bridgehead atoms. The quantitative estimate of drug-likeness (QED) is 0.853. The van der Waals surface area contributed by atoms with Crippen molar-refractivity contribution >= 4 is 10.8 Å². The third kappa shape index (κ3) is 2.67. The molecule has 106 valence electrons. The lowest BCUT2D eigenvalue weighted by molar-refractivity contribution is 0.297. The van der Waals surface area contributed by atoms with Gasteiger partial charge in [-0.25, -0.2) is 0 Å². The number of hydrogen-bond donors (Lipinski definition) is 0. The summed E-state index contributed by atoms with van der Waals surface area (Å²) in [5, 5.41) is 7.73. The lowest BCUT2D eigenvalue weighted by Gasteiger charge is -2.09. The number of aromatic nitrogens is 3. The van der Waals surface area contributed by atoms with Crippen molar-refractivity contribution in [3.05, 3.63) is 30.4 Å². The summed E-state index contributed by atoms with van der Waals surface area (Å²) in [6.45, 7) is 1.26. The van der Waals surface area contributed by atoms with Crippen molar-refractivity contribution in [2.24, 2.45) is 7.05 Å². The van der Waals surface area contributed by atoms with Gasteiger partial charge in [0.15, 0.2) is 11.5 Å². The first-order valence-corrected chi connectivity index (χ1v) is 7.67. The summed E-state index contributed by atoms with van der Waals surface area (Å²) in [7, 11) is 0.648. The summed E-state index contributed by atoms with van der Waals surface area (Å²) in [5.74, 6) is 2.39. The van der Waals surface area contributed by atoms with E-state index in [1.54, 1.807) is 23.0 Å². The van der Waals surface area contributed by atoms with Crippen LogP contribution in [0.5, 0.6) is 11.5 Å². The van der Waals surface area contributed by atoms with Gasteiger partial charge in [0, 0.05) is 24.4 Å². The summed E-state index contributed by atoms with van der Waals surface area (Å²) in [4.78, 5) is 0.706. The predicted molar refractivity (Wildman–Crippen MR) is 73.2 cm³/mol. The van der Waals surface area contributed by atoms with Gasteiger partial charge in [0.05, 0.1) is 29.8 Å². The Balaban J connectivity index is 1.82. The number of hydrogen-bond acceptors (Lipinski definition) is 5. The number of benzene rings is 1. The Kier molecular flexibility index (Phi) is 3.68. The number of fused-ring (bicyclic) bond motifs is 1. The van der Waals surface area contributed by atoms with E-state index in [9.17, 15) is 4.21 Å². The highest BCUT2D eigenvalue weighted by atomic mass is 32.2. The molecule has 2 aromatic rings. The molecule has 0 saturated carbocycles. The molecule has 0 N–H and O–H groups in total. The number of nitrogens with zero attached hydrogens (tertiary/aromatic N) is 3. The van der Waals surface area contributed by atoms with Crippen molar-refractivity contribution < 1.29 is 13.7 Å². The van der Waals surface area contributed by atoms with Crippen LogP contribution in [-0.4, -0.2) is 32.2 Å². The zero-order chi connectivity index (χ0) is 13.9. The molecular weight excluding hydrogens is 278 g/mol. The lowest BCUT2D eigenvalue weighted by atomic mass is 10.3. The summed E-state index contributed by atoms with van der Waals surface area (Å²) in [5.41, 5.74) is 0. The van der Waals surface area contributed by atoms with E-state index in [1.165, 1.54) is 0 Å². The van der Waals surface area contributed by atoms with Gasteiger partial charge in [-0.3, -0.25) is 4.21 Å². The molecule has 1 aromatic heterocycles. The molecule has 3 rings (SSSR count). The van der Waals surface area contributed by atoms with E-state index in [-0.39, 0.29) is 0 Å². The highest BCUT2D eigenvalue weighted by Crippen LogP contribution is 2.31. The van der Waals surface area contributed by atoms with Gasteiger partial charge in [-0.05, 0) is 12.1 Å². The van der Waals surface area contributed by atoms with Crippen LogP contribution in [0.15, 0.2) is 29.4 Å². The Morgan fingerprint density at radius 1 is 1.30 bits per heavy atom. The lowest BCUT2D eigenvalue weighted by Crippen LogP contribution is -2.03. The fourth-order valence-electron chi connectivity index (χ4n) is 1.92. The van der Waals surface area contributed by atoms with Crippen molar-refractivity contribution in [2.45, 2.75) is 17.1 Å². The second kappa shape index (κ2) is 5.62. The molecule has 0 unspecified atom stereocenters. The summed E-state index contributed by atoms with van der Waals surface area (Å²) >= 11 is 0. The summed E-state index contributed by atoms with van der Waals surface area (Å²) < 4.78 is 25.3. The molecule has 2 heterocycles. The third-order valence-electron chi connectivity index (χ3n) is 3.05. The molecule has 7 heteroatoms. The van der Waals surface area contributed by atoms with Gasteiger partial charge < -0.3 is 14.0 Å². The van der Waals surface area contributed by atoms with E-state index in [0.717, 1.165) is 6.42 Å². The molecule has 0 fully saturated rings. The molecule has 0 radical (unpaired) electrons. The number of ether oxygens (including phenoxy) is 2. The monoisotopic (exact) mass is 293 g/mol. The highest BCUT2D eigenvalue weighted by Gasteiger charge is 2.15. The van der Waals surface area contributed by atoms with Crippen LogP contribution in [0.3, 0.4) is 0 Å². The SMILES string of the molecule is Cn1cnnc1C[S@](=O)c1ccc2c(c1)OCCCO2. The van der Waals surface area contributed by atoms with E-state index in [2.05, 4.69) is 10.2 Å². The predicted octanol–water partition coefficient (Wildman–Crippen LogP) is 1.28. The molecule has 20 heavy (non-hydrogen) atoms. The Morgan fingerprint density at radius 3 is 2.85 bits per heavy atom. The van der Waals surface area contributed by atoms with Gasteiger partial charge in [0.1, 0.15) is 12.2 Å². The minimum absolute atomic E-state index is 0.330. The standard InChI is InChI=1S/C13H15N3O3S/c1-16-9-14-15-13(16)8-20(17)10-3-4-11-12(7-10)19-6-2-5-18-11/h3-4,7,9H,2,5-6,8H2,1H3/t20-/m0/s1. The van der Waals surface area contributed by atoms with Crippen LogP contribution in [0.4, 0.5) is 0 Å². The largest absolute Gasteiger partial charge is 0.490 e. The van der Waals surface area contributed by atoms with Crippen LogP contribution < -0.4 is 9.47 Å². The van der Waals surface area contributed by atoms with Gasteiger partial charge in [0.2, 0.25) is 0 Å². The van der Waals surface area contributed by atoms with E-state index >= 15 is 0 Å². The summed E-state index contributed by atoms with van der Waals surface area (Å²) in [6, 6.07) is 5.40. The molecule has 6 nitrogen and oxygen atoms in total. The molecular formula is C13H15N3O3S. The average Bonchev–Trinajstić information content (AvgIpc) is 2.73. The molecule has 0 saturated heterocycles. The van der Waals surface area contributed by atoms with Crippen LogP contribution in [-0.2, 0) is 23.6 Å². The first-order chi connectivity index (χ1) is 9.74. The third-order valence-corrected chi connectivity index (χ3v) is 4.35. The fraction of sp³-hybridized carbons (Fsp3) is 0.385. The Labute approximate surface area is 119 Å². The maximum absolute atomic E-state index is 12.4. The second-order valence-electron chi connectivity index (χ2n) is 4.51. The minimum Gasteiger partial charge on any atom is -0.490 e. The molecule has 0 spiro atoms. The Morgan fingerprint density at radius 2 is 2.10 bits per heavy atom.